The molecule has 0 heterocycles. The maximum atomic E-state index is 12.5. The molecule has 1 rings (SSSR count). The Kier molecular flexibility index (Phi) is 3.27. The zero-order chi connectivity index (χ0) is 12.5. The zero-order valence-corrected chi connectivity index (χ0v) is 9.28. The van der Waals surface area contributed by atoms with Gasteiger partial charge in [0.05, 0.1) is 5.56 Å². The van der Waals surface area contributed by atoms with Crippen LogP contribution in [0.15, 0.2) is 31.4 Å². The third-order valence-electron chi connectivity index (χ3n) is 2.27. The molecule has 0 saturated carbocycles. The Hall–Kier alpha value is -1.51. The van der Waals surface area contributed by atoms with E-state index in [0.717, 1.165) is 17.7 Å². The van der Waals surface area contributed by atoms with Gasteiger partial charge in [0.1, 0.15) is 0 Å². The summed E-state index contributed by atoms with van der Waals surface area (Å²) >= 11 is 0. The van der Waals surface area contributed by atoms with Gasteiger partial charge in [0, 0.05) is 0 Å². The van der Waals surface area contributed by atoms with Crippen molar-refractivity contribution >= 4 is 11.1 Å². The minimum absolute atomic E-state index is 0.502. The highest BCUT2D eigenvalue weighted by Gasteiger charge is 2.30. The van der Waals surface area contributed by atoms with Gasteiger partial charge in [0.2, 0.25) is 0 Å². The van der Waals surface area contributed by atoms with Gasteiger partial charge in [0.25, 0.3) is 0 Å². The number of benzene rings is 1. The van der Waals surface area contributed by atoms with Crippen LogP contribution in [0.1, 0.15) is 30.5 Å². The molecule has 0 unspecified atom stereocenters. The Morgan fingerprint density at radius 2 is 1.50 bits per heavy atom. The number of hydrogen-bond donors (Lipinski definition) is 0. The first-order chi connectivity index (χ1) is 7.23. The summed E-state index contributed by atoms with van der Waals surface area (Å²) in [6, 6.07) is 3.62. The fourth-order valence-electron chi connectivity index (χ4n) is 1.45. The predicted octanol–water partition coefficient (Wildman–Crippen LogP) is 4.77. The van der Waals surface area contributed by atoms with E-state index < -0.39 is 11.7 Å². The van der Waals surface area contributed by atoms with Crippen molar-refractivity contribution in [2.24, 2.45) is 0 Å². The molecule has 0 aliphatic carbocycles. The summed E-state index contributed by atoms with van der Waals surface area (Å²) < 4.78 is 37.5. The normalized spacial score (nSPS) is 11.3. The lowest BCUT2D eigenvalue weighted by molar-refractivity contribution is -0.137. The van der Waals surface area contributed by atoms with E-state index in [9.17, 15) is 13.2 Å². The van der Waals surface area contributed by atoms with Gasteiger partial charge >= 0.3 is 6.18 Å². The van der Waals surface area contributed by atoms with E-state index in [1.165, 1.54) is 6.07 Å². The summed E-state index contributed by atoms with van der Waals surface area (Å²) in [5.41, 5.74) is 1.88. The maximum Gasteiger partial charge on any atom is 0.416 e. The molecule has 3 heteroatoms. The van der Waals surface area contributed by atoms with Crippen LogP contribution in [0.3, 0.4) is 0 Å². The topological polar surface area (TPSA) is 0 Å². The molecule has 0 radical (unpaired) electrons. The van der Waals surface area contributed by atoms with Crippen molar-refractivity contribution in [2.45, 2.75) is 20.0 Å². The minimum atomic E-state index is -4.32. The standard InChI is InChI=1S/C13H13F3/c1-8(2)11-6-5-10(13(14,15)16)7-12(11)9(3)4/h5-7H,1,3H2,2,4H3. The molecule has 0 nitrogen and oxygen atoms in total. The lowest BCUT2D eigenvalue weighted by atomic mass is 9.95. The first-order valence-electron chi connectivity index (χ1n) is 4.76. The van der Waals surface area contributed by atoms with Gasteiger partial charge < -0.3 is 0 Å². The molecule has 16 heavy (non-hydrogen) atoms. The highest BCUT2D eigenvalue weighted by molar-refractivity contribution is 5.77. The van der Waals surface area contributed by atoms with Gasteiger partial charge in [-0.25, -0.2) is 0 Å². The van der Waals surface area contributed by atoms with Crippen LogP contribution < -0.4 is 0 Å². The molecule has 0 spiro atoms. The number of hydrogen-bond acceptors (Lipinski definition) is 0. The van der Waals surface area contributed by atoms with Crippen molar-refractivity contribution < 1.29 is 13.2 Å². The Bertz CT molecular complexity index is 439. The number of allylic oxidation sites excluding steroid dienone is 2. The third kappa shape index (κ3) is 2.54. The van der Waals surface area contributed by atoms with Crippen LogP contribution in [-0.4, -0.2) is 0 Å². The molecule has 0 bridgehead atoms. The van der Waals surface area contributed by atoms with Crippen molar-refractivity contribution in [3.63, 3.8) is 0 Å². The van der Waals surface area contributed by atoms with Crippen LogP contribution in [0.2, 0.25) is 0 Å². The van der Waals surface area contributed by atoms with E-state index in [4.69, 9.17) is 0 Å². The second-order valence-electron chi connectivity index (χ2n) is 3.82. The van der Waals surface area contributed by atoms with Crippen LogP contribution in [0.4, 0.5) is 13.2 Å². The molecular formula is C13H13F3. The number of halogens is 3. The maximum absolute atomic E-state index is 12.5. The number of rotatable bonds is 2. The van der Waals surface area contributed by atoms with Crippen molar-refractivity contribution in [2.75, 3.05) is 0 Å². The van der Waals surface area contributed by atoms with Crippen molar-refractivity contribution in [1.82, 2.24) is 0 Å². The molecule has 0 fully saturated rings. The lowest BCUT2D eigenvalue weighted by Crippen LogP contribution is -2.06. The average Bonchev–Trinajstić information content (AvgIpc) is 2.15. The third-order valence-corrected chi connectivity index (χ3v) is 2.27. The highest BCUT2D eigenvalue weighted by Crippen LogP contribution is 2.33. The van der Waals surface area contributed by atoms with Crippen LogP contribution >= 0.6 is 0 Å². The zero-order valence-electron chi connectivity index (χ0n) is 9.28. The van der Waals surface area contributed by atoms with Crippen LogP contribution in [0.25, 0.3) is 11.1 Å². The monoisotopic (exact) mass is 226 g/mol. The number of alkyl halides is 3. The molecular weight excluding hydrogens is 213 g/mol. The van der Waals surface area contributed by atoms with Gasteiger partial charge in [0.15, 0.2) is 0 Å². The smallest absolute Gasteiger partial charge is 0.166 e. The fourth-order valence-corrected chi connectivity index (χ4v) is 1.45. The summed E-state index contributed by atoms with van der Waals surface area (Å²) in [5.74, 6) is 0. The average molecular weight is 226 g/mol. The van der Waals surface area contributed by atoms with Crippen molar-refractivity contribution in [3.05, 3.63) is 48.0 Å². The molecule has 0 N–H and O–H groups in total. The lowest BCUT2D eigenvalue weighted by Gasteiger charge is -2.13. The van der Waals surface area contributed by atoms with Crippen molar-refractivity contribution in [1.29, 1.82) is 0 Å². The van der Waals surface area contributed by atoms with E-state index in [1.807, 2.05) is 0 Å². The Morgan fingerprint density at radius 1 is 1.00 bits per heavy atom. The first kappa shape index (κ1) is 12.6. The fraction of sp³-hybridized carbons (Fsp3) is 0.231. The van der Waals surface area contributed by atoms with E-state index in [-0.39, 0.29) is 0 Å². The van der Waals surface area contributed by atoms with Gasteiger partial charge in [-0.3, -0.25) is 0 Å². The second-order valence-corrected chi connectivity index (χ2v) is 3.82. The molecule has 0 aliphatic rings. The quantitative estimate of drug-likeness (QED) is 0.681. The molecule has 1 aromatic rings. The molecule has 0 aliphatic heterocycles. The van der Waals surface area contributed by atoms with E-state index in [1.54, 1.807) is 13.8 Å². The summed E-state index contributed by atoms with van der Waals surface area (Å²) in [6.07, 6.45) is -4.32. The Labute approximate surface area is 93.1 Å². The van der Waals surface area contributed by atoms with Crippen LogP contribution in [-0.2, 0) is 6.18 Å². The van der Waals surface area contributed by atoms with E-state index >= 15 is 0 Å². The molecule has 1 aromatic carbocycles. The van der Waals surface area contributed by atoms with E-state index in [2.05, 4.69) is 13.2 Å². The van der Waals surface area contributed by atoms with Crippen LogP contribution in [0, 0.1) is 0 Å². The summed E-state index contributed by atoms with van der Waals surface area (Å²) in [7, 11) is 0. The molecule has 0 saturated heterocycles. The highest BCUT2D eigenvalue weighted by atomic mass is 19.4. The Morgan fingerprint density at radius 3 is 1.88 bits per heavy atom. The Balaban J connectivity index is 3.40. The van der Waals surface area contributed by atoms with Gasteiger partial charge in [-0.2, -0.15) is 13.2 Å². The van der Waals surface area contributed by atoms with Crippen LogP contribution in [0.5, 0.6) is 0 Å². The second kappa shape index (κ2) is 4.16. The first-order valence-corrected chi connectivity index (χ1v) is 4.76. The minimum Gasteiger partial charge on any atom is -0.166 e. The van der Waals surface area contributed by atoms with Gasteiger partial charge in [-0.05, 0) is 37.1 Å². The molecule has 0 aromatic heterocycles. The SMILES string of the molecule is C=C(C)c1ccc(C(F)(F)F)cc1C(=C)C. The summed E-state index contributed by atoms with van der Waals surface area (Å²) in [5, 5.41) is 0. The predicted molar refractivity (Wildman–Crippen MR) is 60.9 cm³/mol. The van der Waals surface area contributed by atoms with Gasteiger partial charge in [-0.15, -0.1) is 0 Å². The molecule has 86 valence electrons. The van der Waals surface area contributed by atoms with Gasteiger partial charge in [-0.1, -0.05) is 30.4 Å². The van der Waals surface area contributed by atoms with E-state index in [0.29, 0.717) is 16.7 Å². The molecule has 0 amide bonds. The summed E-state index contributed by atoms with van der Waals surface area (Å²) in [4.78, 5) is 0. The van der Waals surface area contributed by atoms with Crippen molar-refractivity contribution in [3.8, 4) is 0 Å². The largest absolute Gasteiger partial charge is 0.416 e. The molecule has 0 atom stereocenters. The summed E-state index contributed by atoms with van der Waals surface area (Å²) in [6.45, 7) is 10.9.